The van der Waals surface area contributed by atoms with E-state index < -0.39 is 259 Å². The highest BCUT2D eigenvalue weighted by Gasteiger charge is 2.58. The molecule has 1 unspecified atom stereocenters. The first-order valence-electron chi connectivity index (χ1n) is 35.7. The molecule has 0 spiro atoms. The molecule has 0 radical (unpaired) electrons. The van der Waals surface area contributed by atoms with Crippen LogP contribution in [0.25, 0.3) is 52.2 Å². The zero-order valence-corrected chi connectivity index (χ0v) is 59.5. The first-order valence-corrected chi connectivity index (χ1v) is 35.7. The number of alkyl halides is 2. The summed E-state index contributed by atoms with van der Waals surface area (Å²) in [5.74, 6) is 0. The van der Waals surface area contributed by atoms with E-state index in [1.807, 2.05) is 0 Å². The fourth-order valence-electron chi connectivity index (χ4n) is 14.4. The molecule has 10 rings (SSSR count). The Bertz CT molecular complexity index is 3500. The summed E-state index contributed by atoms with van der Waals surface area (Å²) in [6, 6.07) is 6.35. The molecule has 36 atom stereocenters. The maximum Gasteiger partial charge on any atom is 0.410 e. The molecule has 616 valence electrons. The minimum Gasteiger partial charge on any atom is -0.445 e. The fourth-order valence-corrected chi connectivity index (χ4v) is 14.4. The van der Waals surface area contributed by atoms with Crippen LogP contribution in [0.1, 0.15) is 49.7 Å². The maximum absolute atomic E-state index is 15.5. The molecular weight excluding hydrogens is 1490 g/mol. The van der Waals surface area contributed by atoms with Crippen LogP contribution >= 0.6 is 0 Å². The zero-order chi connectivity index (χ0) is 80.3. The Hall–Kier alpha value is -7.00. The number of hydrogen-bond donors (Lipinski definition) is 16. The van der Waals surface area contributed by atoms with E-state index in [-0.39, 0.29) is 45.4 Å². The van der Waals surface area contributed by atoms with Gasteiger partial charge in [0.15, 0.2) is 37.7 Å². The third-order valence-corrected chi connectivity index (χ3v) is 20.5. The summed E-state index contributed by atoms with van der Waals surface area (Å²) in [5.41, 5.74) is 84.1. The van der Waals surface area contributed by atoms with Gasteiger partial charge < -0.3 is 147 Å². The van der Waals surface area contributed by atoms with E-state index in [1.54, 1.807) is 60.7 Å². The highest BCUT2D eigenvalue weighted by Crippen LogP contribution is 2.40. The molecule has 8 fully saturated rings. The minimum atomic E-state index is -1.93. The second-order valence-electron chi connectivity index (χ2n) is 27.7. The molecule has 2 aromatic rings. The van der Waals surface area contributed by atoms with Crippen molar-refractivity contribution in [3.05, 3.63) is 124 Å². The maximum atomic E-state index is 15.5. The van der Waals surface area contributed by atoms with Crippen molar-refractivity contribution in [1.29, 1.82) is 0 Å². The lowest BCUT2D eigenvalue weighted by atomic mass is 9.84. The quantitative estimate of drug-likeness (QED) is 0.0221. The van der Waals surface area contributed by atoms with E-state index in [0.717, 1.165) is 0 Å². The zero-order valence-electron chi connectivity index (χ0n) is 59.5. The van der Waals surface area contributed by atoms with E-state index in [9.17, 15) is 82.4 Å². The Balaban J connectivity index is 0.000000287. The van der Waals surface area contributed by atoms with E-state index in [1.165, 1.54) is 4.90 Å². The molecule has 6 saturated heterocycles. The van der Waals surface area contributed by atoms with Crippen LogP contribution in [0.5, 0.6) is 0 Å². The predicted octanol–water partition coefficient (Wildman–Crippen LogP) is -2.36. The van der Waals surface area contributed by atoms with Crippen LogP contribution in [0.15, 0.2) is 86.2 Å². The standard InChI is InChI=1S/C39H49FN16O13.C24H47FN6O11/c40-14-24(56(16-19-7-3-1-4-8-19)39(62)63-18-20-9-5-2-6-10-20)25-12-11-21(47-52-42)36(64-25)67-33-23(49-54-44)13-22(48-53-43)29(58)35(33)69-38-32(61)34(27(17-57)66-38)68-37-28(50-55-45)31(60)30(59)26(65-37)15-46-51-41;25-4-10(30)11-2-1-7(27)22(37-11)40-19-9(29)3-8(28)15(33)21(19)42-24-18(36)20(13(6-32)39-24)41-23-14(31)17(35)16(34)12(5-26)38-23/h1-10,21-38,57-61H,11-18H2;7-24,32-36H,1-6,26-31H2/t21-,22-,23+,24-,25+,26+,27-,28-,29+,30-,31-,32-,33-,34-,35-,36-,37-,38+;7-,8-,9+,10-,11+,12+,13-,14-,15+,16-,17-,18-,19-,20-,21?,22-,23-,24+/m11/s1. The summed E-state index contributed by atoms with van der Waals surface area (Å²) < 4.78 is 106. The number of ether oxygens (including phenoxy) is 13. The van der Waals surface area contributed by atoms with Crippen LogP contribution in [-0.4, -0.2) is 322 Å². The van der Waals surface area contributed by atoms with Gasteiger partial charge in [-0.15, -0.1) is 0 Å². The molecule has 2 aliphatic carbocycles. The third kappa shape index (κ3) is 21.3. The van der Waals surface area contributed by atoms with Crippen LogP contribution in [-0.2, 0) is 74.7 Å². The fraction of sp³-hybridized carbons (Fsp3) is 0.794. The molecule has 2 saturated carbocycles. The van der Waals surface area contributed by atoms with Gasteiger partial charge in [-0.3, -0.25) is 4.90 Å². The van der Waals surface area contributed by atoms with Crippen molar-refractivity contribution in [3.63, 3.8) is 0 Å². The van der Waals surface area contributed by atoms with Crippen LogP contribution in [0.2, 0.25) is 0 Å². The van der Waals surface area contributed by atoms with Crippen molar-refractivity contribution < 1.29 is 126 Å². The van der Waals surface area contributed by atoms with Gasteiger partial charge in [0.1, 0.15) is 105 Å². The second-order valence-corrected chi connectivity index (χ2v) is 27.7. The van der Waals surface area contributed by atoms with Crippen molar-refractivity contribution in [2.75, 3.05) is 39.7 Å². The lowest BCUT2D eigenvalue weighted by Crippen LogP contribution is -2.65. The Kier molecular flexibility index (Phi) is 33.2. The topological polar surface area (TPSA) is 743 Å². The Morgan fingerprint density at radius 2 is 1.02 bits per heavy atom. The number of halogens is 2. The van der Waals surface area contributed by atoms with E-state index in [4.69, 9.17) is 102 Å². The van der Waals surface area contributed by atoms with Crippen molar-refractivity contribution >= 4 is 6.09 Å². The molecule has 46 nitrogen and oxygen atoms in total. The average Bonchev–Trinajstić information content (AvgIpc) is 1.74. The number of carbonyl (C=O) groups is 1. The number of carbonyl (C=O) groups excluding carboxylic acids is 1. The van der Waals surface area contributed by atoms with Crippen LogP contribution in [0.3, 0.4) is 0 Å². The van der Waals surface area contributed by atoms with E-state index in [0.29, 0.717) is 24.0 Å². The van der Waals surface area contributed by atoms with Crippen molar-refractivity contribution in [2.24, 2.45) is 60.0 Å². The van der Waals surface area contributed by atoms with Gasteiger partial charge in [-0.25, -0.2) is 13.6 Å². The Morgan fingerprint density at radius 1 is 0.495 bits per heavy atom. The lowest BCUT2D eigenvalue weighted by molar-refractivity contribution is -0.292. The Labute approximate surface area is 630 Å². The number of aliphatic hydroxyl groups excluding tert-OH is 10. The predicted molar refractivity (Wildman–Crippen MR) is 370 cm³/mol. The summed E-state index contributed by atoms with van der Waals surface area (Å²) in [6.45, 7) is -4.34. The van der Waals surface area contributed by atoms with E-state index in [2.05, 4.69) is 50.1 Å². The van der Waals surface area contributed by atoms with Crippen LogP contribution in [0.4, 0.5) is 13.6 Å². The highest BCUT2D eigenvalue weighted by molar-refractivity contribution is 5.68. The third-order valence-electron chi connectivity index (χ3n) is 20.5. The van der Waals surface area contributed by atoms with Crippen molar-refractivity contribution in [2.45, 2.75) is 272 Å². The molecule has 1 amide bonds. The van der Waals surface area contributed by atoms with E-state index >= 15 is 4.39 Å². The first-order chi connectivity index (χ1) is 53.4. The molecular formula is C63H96F2N22O24. The minimum absolute atomic E-state index is 0.000359. The number of aliphatic hydroxyl groups is 10. The summed E-state index contributed by atoms with van der Waals surface area (Å²) in [5, 5.41) is 126. The lowest BCUT2D eigenvalue weighted by Gasteiger charge is -2.46. The molecule has 6 aliphatic heterocycles. The summed E-state index contributed by atoms with van der Waals surface area (Å²) in [7, 11) is 0. The molecule has 0 bridgehead atoms. The van der Waals surface area contributed by atoms with Gasteiger partial charge in [-0.2, -0.15) is 0 Å². The van der Waals surface area contributed by atoms with Gasteiger partial charge in [-0.1, -0.05) is 86.2 Å². The summed E-state index contributed by atoms with van der Waals surface area (Å²) >= 11 is 0. The molecule has 2 aromatic carbocycles. The second kappa shape index (κ2) is 41.9. The van der Waals surface area contributed by atoms with Gasteiger partial charge in [0, 0.05) is 49.7 Å². The first kappa shape index (κ1) is 88.0. The number of rotatable bonds is 30. The normalized spacial score (nSPS) is 40.7. The number of hydrogen-bond acceptors (Lipinski definition) is 35. The molecule has 48 heteroatoms. The van der Waals surface area contributed by atoms with Crippen LogP contribution < -0.4 is 34.4 Å². The molecule has 6 heterocycles. The monoisotopic (exact) mass is 1580 g/mol. The van der Waals surface area contributed by atoms with Gasteiger partial charge in [0.25, 0.3) is 0 Å². The van der Waals surface area contributed by atoms with Crippen LogP contribution in [0, 0.1) is 0 Å². The van der Waals surface area contributed by atoms with Crippen molar-refractivity contribution in [3.8, 4) is 0 Å². The number of benzene rings is 2. The number of azide groups is 5. The van der Waals surface area contributed by atoms with Gasteiger partial charge in [0.2, 0.25) is 0 Å². The highest BCUT2D eigenvalue weighted by atomic mass is 19.1. The SMILES string of the molecule is NC[C@@H]1O[C@H](O[C@H]2[C@@H](O)[C@H](OC3[C@@H](O)[C@H](N)C[C@H](N)[C@H]3O[C@H]3O[C@H]([C@H](N)CF)CC[C@H]3N)O[C@@H]2CO)[C@H](N)[C@@H](O)[C@@H]1O.[N-]=[N+]=NC[C@@H]1O[C@H](O[C@H]2[C@@H](O)[C@H](O[C@@H]3[C@@H](O)[C@H](N=[N+]=[N-])C[C@H](N=[N+]=[N-])[C@H]3O[C@H]3O[C@H]([C@@H](CF)N(Cc4ccccc4)C(=O)OCc4ccccc4)CC[C@H]3N=[N+]=[N-])O[C@@H]2CO)[C@H](N=[N+]=[N-])[C@@H](O)[C@@H]1O. The smallest absolute Gasteiger partial charge is 0.410 e. The summed E-state index contributed by atoms with van der Waals surface area (Å²) in [6.07, 6.45) is -37.8. The molecule has 22 N–H and O–H groups in total. The largest absolute Gasteiger partial charge is 0.445 e. The number of amides is 1. The Morgan fingerprint density at radius 3 is 1.60 bits per heavy atom. The molecule has 8 aliphatic rings. The molecule has 111 heavy (non-hydrogen) atoms. The van der Waals surface area contributed by atoms with Gasteiger partial charge in [0.05, 0.1) is 105 Å². The number of nitrogens with two attached hydrogens (primary N) is 6. The molecule has 0 aromatic heterocycles. The summed E-state index contributed by atoms with van der Waals surface area (Å²) in [4.78, 5) is 28.9. The van der Waals surface area contributed by atoms with Gasteiger partial charge >= 0.3 is 6.09 Å². The number of nitrogens with zero attached hydrogens (tertiary/aromatic N) is 16. The van der Waals surface area contributed by atoms with Crippen molar-refractivity contribution in [1.82, 2.24) is 4.90 Å². The van der Waals surface area contributed by atoms with Gasteiger partial charge in [-0.05, 0) is 77.3 Å². The average molecular weight is 1580 g/mol.